The van der Waals surface area contributed by atoms with Gasteiger partial charge in [0.15, 0.2) is 16.6 Å². The minimum atomic E-state index is -2.27. The van der Waals surface area contributed by atoms with Gasteiger partial charge in [0.25, 0.3) is 9.28 Å². The molecule has 0 aromatic rings. The zero-order chi connectivity index (χ0) is 19.4. The summed E-state index contributed by atoms with van der Waals surface area (Å²) >= 11 is 0. The van der Waals surface area contributed by atoms with Crippen molar-refractivity contribution in [2.45, 2.75) is 121 Å². The van der Waals surface area contributed by atoms with Crippen molar-refractivity contribution >= 4 is 34.5 Å². The van der Waals surface area contributed by atoms with Crippen LogP contribution >= 0.6 is 0 Å². The Bertz CT molecular complexity index is 403. The summed E-state index contributed by atoms with van der Waals surface area (Å²) in [6, 6.07) is 0. The highest BCUT2D eigenvalue weighted by atomic mass is 28.5. The fraction of sp³-hybridized carbons (Fsp3) is 1.00. The Morgan fingerprint density at radius 2 is 1.04 bits per heavy atom. The molecule has 154 valence electrons. The topological polar surface area (TPSA) is 27.7 Å². The fourth-order valence-corrected chi connectivity index (χ4v) is 22.1. The fourth-order valence-electron chi connectivity index (χ4n) is 4.99. The summed E-state index contributed by atoms with van der Waals surface area (Å²) in [4.78, 5) is 0. The van der Waals surface area contributed by atoms with Gasteiger partial charge in [-0.1, -0.05) is 38.5 Å². The van der Waals surface area contributed by atoms with E-state index in [2.05, 4.69) is 45.8 Å². The lowest BCUT2D eigenvalue weighted by atomic mass is 9.99. The lowest BCUT2D eigenvalue weighted by Gasteiger charge is -2.50. The van der Waals surface area contributed by atoms with E-state index < -0.39 is 34.5 Å². The van der Waals surface area contributed by atoms with Crippen LogP contribution < -0.4 is 0 Å². The van der Waals surface area contributed by atoms with Crippen molar-refractivity contribution in [2.24, 2.45) is 0 Å². The molecule has 2 rings (SSSR count). The normalized spacial score (nSPS) is 23.2. The molecule has 7 heteroatoms. The van der Waals surface area contributed by atoms with E-state index in [9.17, 15) is 0 Å². The van der Waals surface area contributed by atoms with Crippen molar-refractivity contribution in [1.82, 2.24) is 0 Å². The first kappa shape index (κ1) is 23.0. The molecular formula is C19H44O3Si4. The first-order valence-corrected chi connectivity index (χ1v) is 22.0. The van der Waals surface area contributed by atoms with Gasteiger partial charge in [0.05, 0.1) is 0 Å². The number of rotatable bonds is 8. The zero-order valence-electron chi connectivity index (χ0n) is 18.5. The van der Waals surface area contributed by atoms with Gasteiger partial charge in [-0.25, -0.2) is 0 Å². The molecule has 0 N–H and O–H groups in total. The molecule has 2 saturated carbocycles. The van der Waals surface area contributed by atoms with Crippen molar-refractivity contribution in [3.05, 3.63) is 0 Å². The average Bonchev–Trinajstić information content (AvgIpc) is 2.53. The monoisotopic (exact) mass is 432 g/mol. The van der Waals surface area contributed by atoms with Crippen LogP contribution in [0.15, 0.2) is 0 Å². The summed E-state index contributed by atoms with van der Waals surface area (Å²) in [6.45, 7) is 16.3. The molecular weight excluding hydrogens is 389 g/mol. The van der Waals surface area contributed by atoms with Crippen LogP contribution in [0.2, 0.25) is 56.9 Å². The minimum absolute atomic E-state index is 0.700. The maximum atomic E-state index is 7.22. The lowest BCUT2D eigenvalue weighted by molar-refractivity contribution is 0.269. The molecule has 26 heavy (non-hydrogen) atoms. The molecule has 0 spiro atoms. The predicted octanol–water partition coefficient (Wildman–Crippen LogP) is 6.67. The molecule has 0 amide bonds. The predicted molar refractivity (Wildman–Crippen MR) is 122 cm³/mol. The number of hydrogen-bond acceptors (Lipinski definition) is 3. The van der Waals surface area contributed by atoms with Crippen molar-refractivity contribution < 1.29 is 12.3 Å². The molecule has 0 aliphatic heterocycles. The van der Waals surface area contributed by atoms with Gasteiger partial charge in [0.2, 0.25) is 0 Å². The van der Waals surface area contributed by atoms with Gasteiger partial charge >= 0.3 is 8.56 Å². The molecule has 0 saturated heterocycles. The van der Waals surface area contributed by atoms with E-state index in [1.807, 2.05) is 0 Å². The van der Waals surface area contributed by atoms with Crippen LogP contribution in [0, 0.1) is 0 Å². The van der Waals surface area contributed by atoms with E-state index in [0.29, 0.717) is 11.1 Å². The third kappa shape index (κ3) is 6.97. The molecule has 3 nitrogen and oxygen atoms in total. The molecule has 2 fully saturated rings. The second-order valence-electron chi connectivity index (χ2n) is 10.5. The van der Waals surface area contributed by atoms with Gasteiger partial charge in [-0.15, -0.1) is 0 Å². The SMILES string of the molecule is C[SiH](O[Si](C)(C)C)O[Si](O[Si](C)(C)C)(C1CCCCC1)C1CCCCC1. The molecule has 0 aromatic heterocycles. The standard InChI is InChI=1S/C19H44O3Si4/c1-23(20-24(2,3)4)21-26(22-25(5,6)7,18-14-10-8-11-15-18)19-16-12-9-13-17-19/h18-19,23H,8-17H2,1-7H3. The van der Waals surface area contributed by atoms with Crippen molar-refractivity contribution in [3.8, 4) is 0 Å². The Balaban J connectivity index is 2.33. The Morgan fingerprint density at radius 3 is 1.38 bits per heavy atom. The smallest absolute Gasteiger partial charge is 0.325 e. The summed E-state index contributed by atoms with van der Waals surface area (Å²) < 4.78 is 20.9. The maximum Gasteiger partial charge on any atom is 0.325 e. The first-order chi connectivity index (χ1) is 12.0. The molecule has 2 aliphatic carbocycles. The molecule has 1 unspecified atom stereocenters. The summed E-state index contributed by atoms with van der Waals surface area (Å²) in [5, 5.41) is 0. The second-order valence-corrected chi connectivity index (χ2v) is 25.9. The highest BCUT2D eigenvalue weighted by molar-refractivity contribution is 6.87. The van der Waals surface area contributed by atoms with E-state index in [4.69, 9.17) is 12.3 Å². The van der Waals surface area contributed by atoms with Crippen LogP contribution in [0.5, 0.6) is 0 Å². The van der Waals surface area contributed by atoms with Gasteiger partial charge in [-0.05, 0) is 71.5 Å². The number of hydrogen-bond donors (Lipinski definition) is 0. The Hall–Kier alpha value is 0.748. The van der Waals surface area contributed by atoms with Gasteiger partial charge in [-0.3, -0.25) is 0 Å². The molecule has 0 heterocycles. The quantitative estimate of drug-likeness (QED) is 0.401. The largest absolute Gasteiger partial charge is 0.439 e. The van der Waals surface area contributed by atoms with Crippen LogP contribution in [0.1, 0.15) is 64.2 Å². The van der Waals surface area contributed by atoms with Crippen LogP contribution in [-0.2, 0) is 12.3 Å². The molecule has 0 aromatic carbocycles. The minimum Gasteiger partial charge on any atom is -0.439 e. The zero-order valence-corrected chi connectivity index (χ0v) is 22.7. The van der Waals surface area contributed by atoms with Gasteiger partial charge < -0.3 is 12.3 Å². The van der Waals surface area contributed by atoms with Crippen LogP contribution in [-0.4, -0.2) is 34.5 Å². The Morgan fingerprint density at radius 1 is 0.615 bits per heavy atom. The highest BCUT2D eigenvalue weighted by Crippen LogP contribution is 2.50. The van der Waals surface area contributed by atoms with E-state index >= 15 is 0 Å². The first-order valence-electron chi connectivity index (χ1n) is 11.1. The Labute approximate surface area is 167 Å². The highest BCUT2D eigenvalue weighted by Gasteiger charge is 2.55. The van der Waals surface area contributed by atoms with Crippen molar-refractivity contribution in [1.29, 1.82) is 0 Å². The third-order valence-electron chi connectivity index (χ3n) is 5.68. The molecule has 2 aliphatic rings. The van der Waals surface area contributed by atoms with Crippen LogP contribution in [0.4, 0.5) is 0 Å². The molecule has 0 bridgehead atoms. The van der Waals surface area contributed by atoms with Crippen LogP contribution in [0.25, 0.3) is 0 Å². The van der Waals surface area contributed by atoms with Crippen LogP contribution in [0.3, 0.4) is 0 Å². The molecule has 1 atom stereocenters. The average molecular weight is 433 g/mol. The van der Waals surface area contributed by atoms with E-state index in [0.717, 1.165) is 0 Å². The Kier molecular flexibility index (Phi) is 8.41. The molecule has 0 radical (unpaired) electrons. The van der Waals surface area contributed by atoms with Gasteiger partial charge in [0, 0.05) is 11.1 Å². The second kappa shape index (κ2) is 9.50. The van der Waals surface area contributed by atoms with Crippen molar-refractivity contribution in [2.75, 3.05) is 0 Å². The maximum absolute atomic E-state index is 7.22. The summed E-state index contributed by atoms with van der Waals surface area (Å²) in [5.41, 5.74) is 1.40. The van der Waals surface area contributed by atoms with Gasteiger partial charge in [0.1, 0.15) is 0 Å². The van der Waals surface area contributed by atoms with E-state index in [1.165, 1.54) is 64.2 Å². The lowest BCUT2D eigenvalue weighted by Crippen LogP contribution is -2.60. The van der Waals surface area contributed by atoms with Crippen molar-refractivity contribution in [3.63, 3.8) is 0 Å². The van der Waals surface area contributed by atoms with E-state index in [1.54, 1.807) is 0 Å². The van der Waals surface area contributed by atoms with E-state index in [-0.39, 0.29) is 0 Å². The summed E-state index contributed by atoms with van der Waals surface area (Å²) in [7, 11) is -7.17. The summed E-state index contributed by atoms with van der Waals surface area (Å²) in [6.07, 6.45) is 13.6. The van der Waals surface area contributed by atoms with Gasteiger partial charge in [-0.2, -0.15) is 0 Å². The third-order valence-corrected chi connectivity index (χ3v) is 19.8. The summed E-state index contributed by atoms with van der Waals surface area (Å²) in [5.74, 6) is 0.